The van der Waals surface area contributed by atoms with Gasteiger partial charge in [0.1, 0.15) is 0 Å². The van der Waals surface area contributed by atoms with Gasteiger partial charge >= 0.3 is 0 Å². The number of benzene rings is 1. The predicted octanol–water partition coefficient (Wildman–Crippen LogP) is 2.73. The van der Waals surface area contributed by atoms with Gasteiger partial charge in [-0.15, -0.1) is 0 Å². The van der Waals surface area contributed by atoms with Crippen molar-refractivity contribution in [2.45, 2.75) is 19.3 Å². The summed E-state index contributed by atoms with van der Waals surface area (Å²) in [5.41, 5.74) is 1.52. The molecule has 4 heteroatoms. The van der Waals surface area contributed by atoms with Gasteiger partial charge in [0.2, 0.25) is 0 Å². The zero-order valence-corrected chi connectivity index (χ0v) is 12.1. The molecule has 0 aromatic heterocycles. The molecule has 0 spiro atoms. The first-order valence-corrected chi connectivity index (χ1v) is 6.92. The number of hydrogen-bond acceptors (Lipinski definition) is 4. The van der Waals surface area contributed by atoms with Crippen molar-refractivity contribution >= 4 is 11.9 Å². The van der Waals surface area contributed by atoms with Crippen LogP contribution in [0.1, 0.15) is 24.8 Å². The van der Waals surface area contributed by atoms with Gasteiger partial charge in [-0.05, 0) is 37.0 Å². The molecule has 0 atom stereocenters. The molecular weight excluding hydrogens is 254 g/mol. The van der Waals surface area contributed by atoms with Crippen molar-refractivity contribution in [3.8, 4) is 11.5 Å². The van der Waals surface area contributed by atoms with Crippen LogP contribution in [-0.2, 0) is 4.79 Å². The van der Waals surface area contributed by atoms with Crippen molar-refractivity contribution in [2.24, 2.45) is 0 Å². The average Bonchev–Trinajstić information content (AvgIpc) is 2.53. The molecule has 20 heavy (non-hydrogen) atoms. The molecule has 2 rings (SSSR count). The number of nitrogens with zero attached hydrogens (tertiary/aromatic N) is 1. The summed E-state index contributed by atoms with van der Waals surface area (Å²) >= 11 is 0. The van der Waals surface area contributed by atoms with Gasteiger partial charge in [-0.3, -0.25) is 4.79 Å². The van der Waals surface area contributed by atoms with E-state index in [4.69, 9.17) is 9.47 Å². The van der Waals surface area contributed by atoms with Crippen LogP contribution in [0.5, 0.6) is 11.5 Å². The SMILES string of the molecule is COc1ccc(/C(C=O)=C/N2CCCCC2)cc1OC. The van der Waals surface area contributed by atoms with Gasteiger partial charge in [0, 0.05) is 24.9 Å². The van der Waals surface area contributed by atoms with Crippen molar-refractivity contribution in [1.29, 1.82) is 0 Å². The van der Waals surface area contributed by atoms with E-state index in [1.807, 2.05) is 24.4 Å². The van der Waals surface area contributed by atoms with E-state index in [2.05, 4.69) is 4.90 Å². The summed E-state index contributed by atoms with van der Waals surface area (Å²) in [6, 6.07) is 5.54. The number of ether oxygens (including phenoxy) is 2. The van der Waals surface area contributed by atoms with E-state index in [0.717, 1.165) is 24.9 Å². The molecule has 1 aromatic carbocycles. The minimum atomic E-state index is 0.636. The van der Waals surface area contributed by atoms with Crippen molar-refractivity contribution < 1.29 is 14.3 Å². The fraction of sp³-hybridized carbons (Fsp3) is 0.438. The summed E-state index contributed by atoms with van der Waals surface area (Å²) in [4.78, 5) is 13.6. The number of hydrogen-bond donors (Lipinski definition) is 0. The summed E-state index contributed by atoms with van der Waals surface area (Å²) in [7, 11) is 3.19. The van der Waals surface area contributed by atoms with E-state index in [0.29, 0.717) is 17.1 Å². The van der Waals surface area contributed by atoms with Gasteiger partial charge in [0.15, 0.2) is 17.8 Å². The van der Waals surface area contributed by atoms with Gasteiger partial charge in [-0.1, -0.05) is 6.07 Å². The molecular formula is C16H21NO3. The van der Waals surface area contributed by atoms with Crippen LogP contribution in [0.25, 0.3) is 5.57 Å². The molecule has 0 amide bonds. The molecule has 0 aliphatic carbocycles. The van der Waals surface area contributed by atoms with Gasteiger partial charge in [-0.2, -0.15) is 0 Å². The number of methoxy groups -OCH3 is 2. The Morgan fingerprint density at radius 2 is 1.80 bits per heavy atom. The largest absolute Gasteiger partial charge is 0.493 e. The highest BCUT2D eigenvalue weighted by atomic mass is 16.5. The van der Waals surface area contributed by atoms with Crippen LogP contribution < -0.4 is 9.47 Å². The van der Waals surface area contributed by atoms with Crippen LogP contribution in [0.3, 0.4) is 0 Å². The average molecular weight is 275 g/mol. The fourth-order valence-corrected chi connectivity index (χ4v) is 2.43. The first-order valence-electron chi connectivity index (χ1n) is 6.92. The third-order valence-electron chi connectivity index (χ3n) is 3.56. The molecule has 0 N–H and O–H groups in total. The molecule has 0 bridgehead atoms. The van der Waals surface area contributed by atoms with E-state index in [1.54, 1.807) is 14.2 Å². The molecule has 0 radical (unpaired) electrons. The maximum Gasteiger partial charge on any atom is 0.161 e. The van der Waals surface area contributed by atoms with E-state index < -0.39 is 0 Å². The first kappa shape index (κ1) is 14.4. The number of rotatable bonds is 5. The molecule has 0 unspecified atom stereocenters. The molecule has 0 saturated carbocycles. The first-order chi connectivity index (χ1) is 9.78. The van der Waals surface area contributed by atoms with Crippen molar-refractivity contribution in [3.63, 3.8) is 0 Å². The normalized spacial score (nSPS) is 15.9. The van der Waals surface area contributed by atoms with Crippen molar-refractivity contribution in [2.75, 3.05) is 27.3 Å². The lowest BCUT2D eigenvalue weighted by molar-refractivity contribution is -0.103. The number of carbonyl (C=O) groups excluding carboxylic acids is 1. The summed E-state index contributed by atoms with van der Waals surface area (Å²) in [6.45, 7) is 2.04. The summed E-state index contributed by atoms with van der Waals surface area (Å²) in [5.74, 6) is 1.30. The fourth-order valence-electron chi connectivity index (χ4n) is 2.43. The third kappa shape index (κ3) is 3.32. The minimum absolute atomic E-state index is 0.636. The monoisotopic (exact) mass is 275 g/mol. The molecule has 1 fully saturated rings. The van der Waals surface area contributed by atoms with Crippen LogP contribution in [0.4, 0.5) is 0 Å². The Balaban J connectivity index is 2.26. The lowest BCUT2D eigenvalue weighted by Crippen LogP contribution is -2.24. The Morgan fingerprint density at radius 1 is 1.10 bits per heavy atom. The molecule has 4 nitrogen and oxygen atoms in total. The van der Waals surface area contributed by atoms with Crippen molar-refractivity contribution in [1.82, 2.24) is 4.90 Å². The Morgan fingerprint density at radius 3 is 2.40 bits per heavy atom. The lowest BCUT2D eigenvalue weighted by Gasteiger charge is -2.25. The standard InChI is InChI=1S/C16H21NO3/c1-19-15-7-6-13(10-16(15)20-2)14(12-18)11-17-8-4-3-5-9-17/h6-7,10-12H,3-5,8-9H2,1-2H3/b14-11+. The van der Waals surface area contributed by atoms with E-state index in [1.165, 1.54) is 19.3 Å². The van der Waals surface area contributed by atoms with Crippen LogP contribution in [0, 0.1) is 0 Å². The van der Waals surface area contributed by atoms with E-state index in [-0.39, 0.29) is 0 Å². The Kier molecular flexibility index (Phi) is 5.04. The second-order valence-electron chi connectivity index (χ2n) is 4.87. The van der Waals surface area contributed by atoms with Crippen LogP contribution in [0.15, 0.2) is 24.4 Å². The highest BCUT2D eigenvalue weighted by Crippen LogP contribution is 2.30. The van der Waals surface area contributed by atoms with Gasteiger partial charge < -0.3 is 14.4 Å². The van der Waals surface area contributed by atoms with E-state index >= 15 is 0 Å². The van der Waals surface area contributed by atoms with Crippen LogP contribution >= 0.6 is 0 Å². The lowest BCUT2D eigenvalue weighted by atomic mass is 10.1. The van der Waals surface area contributed by atoms with Crippen LogP contribution in [0.2, 0.25) is 0 Å². The Bertz CT molecular complexity index is 490. The van der Waals surface area contributed by atoms with Gasteiger partial charge in [-0.25, -0.2) is 0 Å². The molecule has 1 aromatic rings. The van der Waals surface area contributed by atoms with Crippen LogP contribution in [-0.4, -0.2) is 38.5 Å². The topological polar surface area (TPSA) is 38.8 Å². The number of allylic oxidation sites excluding steroid dienone is 1. The predicted molar refractivity (Wildman–Crippen MR) is 79.0 cm³/mol. The Hall–Kier alpha value is -1.97. The van der Waals surface area contributed by atoms with Crippen molar-refractivity contribution in [3.05, 3.63) is 30.0 Å². The van der Waals surface area contributed by atoms with E-state index in [9.17, 15) is 4.79 Å². The highest BCUT2D eigenvalue weighted by molar-refractivity contribution is 6.06. The summed E-state index contributed by atoms with van der Waals surface area (Å²) < 4.78 is 10.5. The second-order valence-corrected chi connectivity index (χ2v) is 4.87. The zero-order chi connectivity index (χ0) is 14.4. The summed E-state index contributed by atoms with van der Waals surface area (Å²) in [6.07, 6.45) is 6.50. The smallest absolute Gasteiger partial charge is 0.161 e. The number of carbonyl (C=O) groups is 1. The molecule has 1 aliphatic rings. The maximum atomic E-state index is 11.4. The number of likely N-dealkylation sites (tertiary alicyclic amines) is 1. The van der Waals surface area contributed by atoms with Gasteiger partial charge in [0.05, 0.1) is 14.2 Å². The quantitative estimate of drug-likeness (QED) is 0.612. The van der Waals surface area contributed by atoms with Gasteiger partial charge in [0.25, 0.3) is 0 Å². The highest BCUT2D eigenvalue weighted by Gasteiger charge is 2.11. The minimum Gasteiger partial charge on any atom is -0.493 e. The zero-order valence-electron chi connectivity index (χ0n) is 12.1. The number of aldehydes is 1. The number of piperidine rings is 1. The third-order valence-corrected chi connectivity index (χ3v) is 3.56. The molecule has 1 aliphatic heterocycles. The molecule has 108 valence electrons. The second kappa shape index (κ2) is 6.98. The molecule has 1 heterocycles. The Labute approximate surface area is 120 Å². The maximum absolute atomic E-state index is 11.4. The summed E-state index contributed by atoms with van der Waals surface area (Å²) in [5, 5.41) is 0. The molecule has 1 saturated heterocycles.